The third-order valence-corrected chi connectivity index (χ3v) is 2.15. The summed E-state index contributed by atoms with van der Waals surface area (Å²) < 4.78 is 17.7. The monoisotopic (exact) mass is 180 g/mol. The first-order valence-electron chi connectivity index (χ1n) is 3.03. The fourth-order valence-corrected chi connectivity index (χ4v) is 1.18. The van der Waals surface area contributed by atoms with Crippen LogP contribution in [0.2, 0.25) is 0 Å². The van der Waals surface area contributed by atoms with Crippen molar-refractivity contribution < 1.29 is 14.1 Å². The number of hydrogen-bond acceptors (Lipinski definition) is 4. The van der Waals surface area contributed by atoms with Crippen molar-refractivity contribution >= 4 is 15.7 Å². The Morgan fingerprint density at radius 2 is 2.27 bits per heavy atom. The van der Waals surface area contributed by atoms with Crippen molar-refractivity contribution in [2.45, 2.75) is 12.5 Å². The molecule has 0 spiro atoms. The minimum absolute atomic E-state index is 0.0421. The van der Waals surface area contributed by atoms with Crippen LogP contribution in [0.15, 0.2) is 0 Å². The molecule has 0 amide bonds. The Morgan fingerprint density at radius 1 is 1.82 bits per heavy atom. The van der Waals surface area contributed by atoms with Gasteiger partial charge in [-0.3, -0.25) is 13.8 Å². The first-order valence-corrected chi connectivity index (χ1v) is 5.16. The lowest BCUT2D eigenvalue weighted by Gasteiger charge is -2.04. The summed E-state index contributed by atoms with van der Waals surface area (Å²) in [6, 6.07) is -0.999. The van der Waals surface area contributed by atoms with E-state index in [2.05, 4.69) is 0 Å². The molecule has 0 aliphatic rings. The average Bonchev–Trinajstić information content (AvgIpc) is 1.80. The van der Waals surface area contributed by atoms with Gasteiger partial charge in [0.2, 0.25) is 0 Å². The molecule has 0 fully saturated rings. The van der Waals surface area contributed by atoms with Crippen molar-refractivity contribution in [3.63, 3.8) is 0 Å². The average molecular weight is 180 g/mol. The number of rotatable bonds is 4. The Labute approximate surface area is 65.6 Å². The number of hydrogen-bond donors (Lipinski definition) is 3. The molecular weight excluding hydrogens is 168 g/mol. The molecule has 66 valence electrons. The van der Waals surface area contributed by atoms with E-state index in [0.717, 1.165) is 0 Å². The lowest BCUT2D eigenvalue weighted by Crippen LogP contribution is -2.31. The first kappa shape index (κ1) is 10.4. The number of carbonyl (C=O) groups is 1. The molecule has 0 aromatic carbocycles. The van der Waals surface area contributed by atoms with Crippen molar-refractivity contribution in [3.05, 3.63) is 0 Å². The summed E-state index contributed by atoms with van der Waals surface area (Å²) in [6.45, 7) is 0. The molecule has 0 heterocycles. The molecule has 0 radical (unpaired) electrons. The molecule has 5 nitrogen and oxygen atoms in total. The topological polar surface area (TPSA) is 104 Å². The maximum atomic E-state index is 10.7. The second-order valence-electron chi connectivity index (χ2n) is 2.44. The van der Waals surface area contributed by atoms with Gasteiger partial charge in [0.05, 0.1) is 0 Å². The molecule has 0 aliphatic carbocycles. The molecule has 0 saturated heterocycles. The molecule has 0 aliphatic heterocycles. The molecule has 0 aromatic rings. The van der Waals surface area contributed by atoms with Crippen LogP contribution in [0.4, 0.5) is 0 Å². The number of nitrogens with one attached hydrogen (secondary N) is 1. The van der Waals surface area contributed by atoms with Gasteiger partial charge in [-0.25, -0.2) is 0 Å². The highest BCUT2D eigenvalue weighted by molar-refractivity contribution is 7.91. The minimum Gasteiger partial charge on any atom is -0.480 e. The molecule has 0 saturated carbocycles. The van der Waals surface area contributed by atoms with Crippen molar-refractivity contribution in [2.24, 2.45) is 5.73 Å². The molecular formula is C5H12N2O3S. The molecule has 0 unspecified atom stereocenters. The Hall–Kier alpha value is -0.620. The van der Waals surface area contributed by atoms with E-state index in [1.807, 2.05) is 0 Å². The molecule has 0 bridgehead atoms. The van der Waals surface area contributed by atoms with E-state index >= 15 is 0 Å². The summed E-state index contributed by atoms with van der Waals surface area (Å²) in [6.07, 6.45) is 1.36. The lowest BCUT2D eigenvalue weighted by molar-refractivity contribution is -0.138. The van der Waals surface area contributed by atoms with Crippen LogP contribution in [0.3, 0.4) is 0 Å². The Morgan fingerprint density at radius 3 is 2.55 bits per heavy atom. The lowest BCUT2D eigenvalue weighted by atomic mass is 10.2. The predicted molar refractivity (Wildman–Crippen MR) is 41.9 cm³/mol. The van der Waals surface area contributed by atoms with Crippen molar-refractivity contribution in [1.29, 1.82) is 4.78 Å². The van der Waals surface area contributed by atoms with Crippen LogP contribution in [0.1, 0.15) is 6.42 Å². The zero-order chi connectivity index (χ0) is 9.07. The summed E-state index contributed by atoms with van der Waals surface area (Å²) in [4.78, 5) is 10.1. The van der Waals surface area contributed by atoms with Gasteiger partial charge in [0, 0.05) is 21.7 Å². The third kappa shape index (κ3) is 5.81. The fourth-order valence-electron chi connectivity index (χ4n) is 0.475. The van der Waals surface area contributed by atoms with E-state index in [1.165, 1.54) is 6.26 Å². The zero-order valence-electron chi connectivity index (χ0n) is 6.24. The van der Waals surface area contributed by atoms with E-state index in [9.17, 15) is 9.00 Å². The van der Waals surface area contributed by atoms with Crippen molar-refractivity contribution in [3.8, 4) is 0 Å². The fraction of sp³-hybridized carbons (Fsp3) is 0.800. The van der Waals surface area contributed by atoms with E-state index in [1.54, 1.807) is 0 Å². The highest BCUT2D eigenvalue weighted by atomic mass is 32.2. The second-order valence-corrected chi connectivity index (χ2v) is 4.86. The van der Waals surface area contributed by atoms with E-state index in [0.29, 0.717) is 0 Å². The summed E-state index contributed by atoms with van der Waals surface area (Å²) in [5.74, 6) is -1.07. The quantitative estimate of drug-likeness (QED) is 0.540. The van der Waals surface area contributed by atoms with Gasteiger partial charge in [-0.2, -0.15) is 0 Å². The molecule has 0 rings (SSSR count). The minimum atomic E-state index is -2.60. The SMILES string of the molecule is C[S@](=N)(=O)CC[C@H](N)C(=O)O. The first-order chi connectivity index (χ1) is 4.83. The summed E-state index contributed by atoms with van der Waals surface area (Å²) in [5, 5.41) is 8.30. The summed E-state index contributed by atoms with van der Waals surface area (Å²) >= 11 is 0. The van der Waals surface area contributed by atoms with Gasteiger partial charge >= 0.3 is 5.97 Å². The number of nitrogens with two attached hydrogens (primary N) is 1. The largest absolute Gasteiger partial charge is 0.480 e. The van der Waals surface area contributed by atoms with Crippen LogP contribution in [0, 0.1) is 4.78 Å². The Bertz CT molecular complexity index is 234. The number of carboxylic acid groups (broad SMARTS) is 1. The maximum absolute atomic E-state index is 10.7. The number of carboxylic acids is 1. The smallest absolute Gasteiger partial charge is 0.320 e. The van der Waals surface area contributed by atoms with Crippen LogP contribution in [0.5, 0.6) is 0 Å². The Kier molecular flexibility index (Phi) is 3.47. The van der Waals surface area contributed by atoms with Gasteiger partial charge in [0.25, 0.3) is 0 Å². The van der Waals surface area contributed by atoms with E-state index in [-0.39, 0.29) is 12.2 Å². The third-order valence-electron chi connectivity index (χ3n) is 1.14. The summed E-state index contributed by atoms with van der Waals surface area (Å²) in [7, 11) is -2.60. The highest BCUT2D eigenvalue weighted by Gasteiger charge is 2.12. The highest BCUT2D eigenvalue weighted by Crippen LogP contribution is 1.94. The van der Waals surface area contributed by atoms with Crippen LogP contribution in [0.25, 0.3) is 0 Å². The standard InChI is InChI=1S/C5H12N2O3S/c1-11(7,10)3-2-4(6)5(8)9/h4,7H,2-3,6H2,1H3,(H,8,9)/t4-,11-/m0/s1. The molecule has 4 N–H and O–H groups in total. The van der Waals surface area contributed by atoms with Gasteiger partial charge < -0.3 is 10.8 Å². The van der Waals surface area contributed by atoms with Gasteiger partial charge in [0.1, 0.15) is 6.04 Å². The summed E-state index contributed by atoms with van der Waals surface area (Å²) in [5.41, 5.74) is 5.12. The predicted octanol–water partition coefficient (Wildman–Crippen LogP) is -0.535. The van der Waals surface area contributed by atoms with Crippen LogP contribution in [-0.2, 0) is 14.5 Å². The Balaban J connectivity index is 3.82. The van der Waals surface area contributed by atoms with Crippen LogP contribution >= 0.6 is 0 Å². The van der Waals surface area contributed by atoms with Gasteiger partial charge in [-0.15, -0.1) is 0 Å². The maximum Gasteiger partial charge on any atom is 0.320 e. The molecule has 11 heavy (non-hydrogen) atoms. The van der Waals surface area contributed by atoms with Gasteiger partial charge in [-0.1, -0.05) is 0 Å². The van der Waals surface area contributed by atoms with Crippen molar-refractivity contribution in [1.82, 2.24) is 0 Å². The molecule has 0 aromatic heterocycles. The molecule has 2 atom stereocenters. The van der Waals surface area contributed by atoms with Crippen LogP contribution in [-0.4, -0.2) is 33.3 Å². The van der Waals surface area contributed by atoms with E-state index < -0.39 is 21.7 Å². The normalized spacial score (nSPS) is 18.7. The zero-order valence-corrected chi connectivity index (χ0v) is 7.06. The van der Waals surface area contributed by atoms with E-state index in [4.69, 9.17) is 15.6 Å². The second kappa shape index (κ2) is 3.68. The van der Waals surface area contributed by atoms with Crippen LogP contribution < -0.4 is 5.73 Å². The van der Waals surface area contributed by atoms with Crippen molar-refractivity contribution in [2.75, 3.05) is 12.0 Å². The van der Waals surface area contributed by atoms with Gasteiger partial charge in [-0.05, 0) is 6.42 Å². The van der Waals surface area contributed by atoms with Gasteiger partial charge in [0.15, 0.2) is 0 Å². The number of aliphatic carboxylic acids is 1. The molecule has 6 heteroatoms.